The zero-order valence-corrected chi connectivity index (χ0v) is 16.1. The maximum Gasteiger partial charge on any atom is 0.227 e. The molecule has 0 unspecified atom stereocenters. The summed E-state index contributed by atoms with van der Waals surface area (Å²) in [6, 6.07) is 0. The summed E-state index contributed by atoms with van der Waals surface area (Å²) in [5, 5.41) is 3.91. The Kier molecular flexibility index (Phi) is 4.16. The van der Waals surface area contributed by atoms with Crippen LogP contribution in [0.1, 0.15) is 29.9 Å². The molecule has 3 fully saturated rings. The number of carbonyl (C=O) groups is 1. The third-order valence-electron chi connectivity index (χ3n) is 6.23. The zero-order chi connectivity index (χ0) is 18.7. The minimum absolute atomic E-state index is 0.0463. The summed E-state index contributed by atoms with van der Waals surface area (Å²) in [6.45, 7) is 5.24. The van der Waals surface area contributed by atoms with Gasteiger partial charge in [0.2, 0.25) is 15.9 Å². The van der Waals surface area contributed by atoms with E-state index >= 15 is 0 Å². The standard InChI is InChI=1S/C17H25N3O5S/c1-10-12(11(2)25-19-10)6-16(21)20-8-14-13(7-18-26(3,22)23)15-4-5-17(14,9-20)24-15/h13-15,18H,4-9H2,1-3H3/t13-,14+,15+,17+/m0/s1. The summed E-state index contributed by atoms with van der Waals surface area (Å²) in [4.78, 5) is 14.7. The van der Waals surface area contributed by atoms with Crippen LogP contribution in [0.4, 0.5) is 0 Å². The van der Waals surface area contributed by atoms with Crippen LogP contribution >= 0.6 is 0 Å². The number of hydrogen-bond donors (Lipinski definition) is 1. The number of sulfonamides is 1. The van der Waals surface area contributed by atoms with Gasteiger partial charge < -0.3 is 14.2 Å². The van der Waals surface area contributed by atoms with Gasteiger partial charge in [-0.2, -0.15) is 0 Å². The van der Waals surface area contributed by atoms with Gasteiger partial charge >= 0.3 is 0 Å². The third-order valence-corrected chi connectivity index (χ3v) is 6.92. The van der Waals surface area contributed by atoms with Crippen LogP contribution in [0, 0.1) is 25.7 Å². The molecule has 1 amide bonds. The molecule has 4 heterocycles. The fourth-order valence-corrected chi connectivity index (χ4v) is 5.41. The van der Waals surface area contributed by atoms with E-state index in [4.69, 9.17) is 9.26 Å². The molecule has 3 aliphatic rings. The van der Waals surface area contributed by atoms with Crippen LogP contribution < -0.4 is 4.72 Å². The lowest BCUT2D eigenvalue weighted by Gasteiger charge is -2.29. The molecule has 1 spiro atoms. The van der Waals surface area contributed by atoms with Gasteiger partial charge in [0.25, 0.3) is 0 Å². The SMILES string of the molecule is Cc1noc(C)c1CC(=O)N1C[C@@H]2[C@H](CNS(C)(=O)=O)[C@H]3CC[C@]2(C1)O3. The summed E-state index contributed by atoms with van der Waals surface area (Å²) in [5.74, 6) is 1.03. The second-order valence-corrected chi connectivity index (χ2v) is 9.74. The highest BCUT2D eigenvalue weighted by molar-refractivity contribution is 7.88. The first kappa shape index (κ1) is 17.9. The van der Waals surface area contributed by atoms with Gasteiger partial charge in [-0.15, -0.1) is 0 Å². The fourth-order valence-electron chi connectivity index (χ4n) is 4.92. The number of ether oxygens (including phenoxy) is 1. The van der Waals surface area contributed by atoms with Gasteiger partial charge in [-0.3, -0.25) is 4.79 Å². The van der Waals surface area contributed by atoms with E-state index in [9.17, 15) is 13.2 Å². The van der Waals surface area contributed by atoms with Crippen molar-refractivity contribution in [3.63, 3.8) is 0 Å². The van der Waals surface area contributed by atoms with Crippen molar-refractivity contribution in [1.29, 1.82) is 0 Å². The van der Waals surface area contributed by atoms with Crippen molar-refractivity contribution in [3.8, 4) is 0 Å². The number of aromatic nitrogens is 1. The maximum atomic E-state index is 12.8. The lowest BCUT2D eigenvalue weighted by molar-refractivity contribution is -0.131. The number of nitrogens with zero attached hydrogens (tertiary/aromatic N) is 2. The topological polar surface area (TPSA) is 102 Å². The molecule has 144 valence electrons. The smallest absolute Gasteiger partial charge is 0.227 e. The van der Waals surface area contributed by atoms with Crippen molar-refractivity contribution in [3.05, 3.63) is 17.0 Å². The predicted octanol–water partition coefficient (Wildman–Crippen LogP) is 0.389. The quantitative estimate of drug-likeness (QED) is 0.789. The summed E-state index contributed by atoms with van der Waals surface area (Å²) >= 11 is 0. The number of carbonyl (C=O) groups excluding carboxylic acids is 1. The Balaban J connectivity index is 1.47. The number of hydrogen-bond acceptors (Lipinski definition) is 6. The van der Waals surface area contributed by atoms with Gasteiger partial charge in [0, 0.05) is 30.5 Å². The molecular formula is C17H25N3O5S. The zero-order valence-electron chi connectivity index (χ0n) is 15.3. The molecule has 1 aromatic rings. The molecule has 26 heavy (non-hydrogen) atoms. The molecule has 9 heteroatoms. The highest BCUT2D eigenvalue weighted by Gasteiger charge is 2.63. The van der Waals surface area contributed by atoms with Gasteiger partial charge in [0.05, 0.1) is 36.6 Å². The molecule has 2 bridgehead atoms. The lowest BCUT2D eigenvalue weighted by Crippen LogP contribution is -2.41. The molecule has 0 radical (unpaired) electrons. The molecule has 4 atom stereocenters. The largest absolute Gasteiger partial charge is 0.369 e. The molecule has 0 saturated carbocycles. The number of nitrogens with one attached hydrogen (secondary N) is 1. The van der Waals surface area contributed by atoms with Gasteiger partial charge in [-0.25, -0.2) is 13.1 Å². The molecule has 0 aromatic carbocycles. The monoisotopic (exact) mass is 383 g/mol. The number of amides is 1. The molecular weight excluding hydrogens is 358 g/mol. The van der Waals surface area contributed by atoms with Crippen LogP contribution in [0.15, 0.2) is 4.52 Å². The first-order valence-corrected chi connectivity index (χ1v) is 10.9. The highest BCUT2D eigenvalue weighted by atomic mass is 32.2. The van der Waals surface area contributed by atoms with Crippen molar-refractivity contribution in [2.24, 2.45) is 11.8 Å². The second-order valence-electron chi connectivity index (χ2n) is 7.90. The van der Waals surface area contributed by atoms with E-state index in [1.807, 2.05) is 18.7 Å². The number of aryl methyl sites for hydroxylation is 2. The van der Waals surface area contributed by atoms with Crippen molar-refractivity contribution in [2.75, 3.05) is 25.9 Å². The Bertz CT molecular complexity index is 816. The number of likely N-dealkylation sites (tertiary alicyclic amines) is 1. The Hall–Kier alpha value is -1.45. The van der Waals surface area contributed by atoms with E-state index in [2.05, 4.69) is 9.88 Å². The summed E-state index contributed by atoms with van der Waals surface area (Å²) in [5.41, 5.74) is 1.30. The first-order chi connectivity index (χ1) is 12.2. The Labute approximate surface area is 153 Å². The van der Waals surface area contributed by atoms with Crippen LogP contribution in [0.3, 0.4) is 0 Å². The lowest BCUT2D eigenvalue weighted by atomic mass is 9.74. The van der Waals surface area contributed by atoms with E-state index in [0.29, 0.717) is 25.4 Å². The van der Waals surface area contributed by atoms with Crippen molar-refractivity contribution >= 4 is 15.9 Å². The number of rotatable bonds is 5. The van der Waals surface area contributed by atoms with E-state index in [-0.39, 0.29) is 35.9 Å². The summed E-state index contributed by atoms with van der Waals surface area (Å²) in [6.07, 6.45) is 3.41. The third kappa shape index (κ3) is 2.95. The highest BCUT2D eigenvalue weighted by Crippen LogP contribution is 2.54. The molecule has 1 aromatic heterocycles. The molecule has 3 aliphatic heterocycles. The van der Waals surface area contributed by atoms with Gasteiger partial charge in [0.15, 0.2) is 0 Å². The molecule has 4 rings (SSSR count). The van der Waals surface area contributed by atoms with E-state index in [0.717, 1.165) is 24.1 Å². The first-order valence-electron chi connectivity index (χ1n) is 9.00. The average molecular weight is 383 g/mol. The Morgan fingerprint density at radius 2 is 2.19 bits per heavy atom. The van der Waals surface area contributed by atoms with Crippen LogP contribution in [0.2, 0.25) is 0 Å². The molecule has 3 saturated heterocycles. The van der Waals surface area contributed by atoms with E-state index < -0.39 is 10.0 Å². The van der Waals surface area contributed by atoms with Crippen LogP contribution in [0.25, 0.3) is 0 Å². The maximum absolute atomic E-state index is 12.8. The van der Waals surface area contributed by atoms with Crippen LogP contribution in [0.5, 0.6) is 0 Å². The molecule has 8 nitrogen and oxygen atoms in total. The van der Waals surface area contributed by atoms with Crippen molar-refractivity contribution in [2.45, 2.75) is 44.8 Å². The normalized spacial score (nSPS) is 33.0. The van der Waals surface area contributed by atoms with Crippen molar-refractivity contribution < 1.29 is 22.5 Å². The van der Waals surface area contributed by atoms with E-state index in [1.54, 1.807) is 0 Å². The fraction of sp³-hybridized carbons (Fsp3) is 0.765. The second kappa shape index (κ2) is 6.03. The summed E-state index contributed by atoms with van der Waals surface area (Å²) < 4.78 is 37.0. The van der Waals surface area contributed by atoms with Crippen LogP contribution in [-0.2, 0) is 26.0 Å². The van der Waals surface area contributed by atoms with Gasteiger partial charge in [0.1, 0.15) is 5.76 Å². The van der Waals surface area contributed by atoms with Crippen molar-refractivity contribution in [1.82, 2.24) is 14.8 Å². The van der Waals surface area contributed by atoms with Crippen LogP contribution in [-0.4, -0.2) is 62.0 Å². The number of fused-ring (bicyclic) bond motifs is 1. The minimum Gasteiger partial charge on any atom is -0.369 e. The molecule has 1 N–H and O–H groups in total. The van der Waals surface area contributed by atoms with Gasteiger partial charge in [-0.1, -0.05) is 5.16 Å². The van der Waals surface area contributed by atoms with Gasteiger partial charge in [-0.05, 0) is 26.7 Å². The summed E-state index contributed by atoms with van der Waals surface area (Å²) in [7, 11) is -3.24. The Morgan fingerprint density at radius 1 is 1.42 bits per heavy atom. The molecule has 0 aliphatic carbocycles. The minimum atomic E-state index is -3.24. The Morgan fingerprint density at radius 3 is 2.85 bits per heavy atom. The van der Waals surface area contributed by atoms with E-state index in [1.165, 1.54) is 6.26 Å². The predicted molar refractivity (Wildman–Crippen MR) is 92.9 cm³/mol. The average Bonchev–Trinajstić information content (AvgIpc) is 3.27.